The van der Waals surface area contributed by atoms with E-state index in [9.17, 15) is 4.79 Å². The summed E-state index contributed by atoms with van der Waals surface area (Å²) < 4.78 is 5.90. The summed E-state index contributed by atoms with van der Waals surface area (Å²) in [6, 6.07) is 0.142. The second-order valence-corrected chi connectivity index (χ2v) is 7.02. The fourth-order valence-corrected chi connectivity index (χ4v) is 3.76. The molecular formula is C17H24N4O2. The average Bonchev–Trinajstić information content (AvgIpc) is 3.38. The number of ether oxygens (including phenoxy) is 1. The number of likely N-dealkylation sites (N-methyl/N-ethyl adjacent to an activating group) is 1. The molecule has 0 N–H and O–H groups in total. The Bertz CT molecular complexity index is 617. The Labute approximate surface area is 136 Å². The number of aryl methyl sites for hydroxylation is 1. The molecule has 23 heavy (non-hydrogen) atoms. The molecular weight excluding hydrogens is 292 g/mol. The first-order valence-electron chi connectivity index (χ1n) is 8.58. The van der Waals surface area contributed by atoms with Crippen LogP contribution in [-0.2, 0) is 4.74 Å². The quantitative estimate of drug-likeness (QED) is 0.821. The molecule has 0 bridgehead atoms. The number of carbonyl (C=O) groups is 1. The van der Waals surface area contributed by atoms with Gasteiger partial charge in [-0.15, -0.1) is 0 Å². The lowest BCUT2D eigenvalue weighted by Gasteiger charge is -2.46. The normalized spacial score (nSPS) is 28.5. The molecule has 1 amide bonds. The molecule has 3 fully saturated rings. The van der Waals surface area contributed by atoms with Crippen LogP contribution in [-0.4, -0.2) is 71.1 Å². The van der Waals surface area contributed by atoms with E-state index in [-0.39, 0.29) is 18.1 Å². The standard InChI is InChI=1S/C17H24N4O2/c1-11-18-9-13(16(19-11)12-3-4-12)17(22)21-7-8-23-15-5-6-20(2)10-14(15)21/h9,12,14-15H,3-8,10H2,1-2H3/t14-,15+/m0/s1. The number of carbonyl (C=O) groups excluding carboxylic acids is 1. The third kappa shape index (κ3) is 2.85. The predicted octanol–water partition coefficient (Wildman–Crippen LogP) is 1.21. The Morgan fingerprint density at radius 3 is 2.91 bits per heavy atom. The Hall–Kier alpha value is -1.53. The number of amides is 1. The fourth-order valence-electron chi connectivity index (χ4n) is 3.76. The molecule has 0 aromatic carbocycles. The molecule has 6 heteroatoms. The van der Waals surface area contributed by atoms with E-state index in [2.05, 4.69) is 21.9 Å². The van der Waals surface area contributed by atoms with Gasteiger partial charge in [-0.3, -0.25) is 4.79 Å². The first-order valence-corrected chi connectivity index (χ1v) is 8.58. The fraction of sp³-hybridized carbons (Fsp3) is 0.706. The highest BCUT2D eigenvalue weighted by Gasteiger charge is 2.40. The molecule has 0 spiro atoms. The van der Waals surface area contributed by atoms with Crippen molar-refractivity contribution in [3.8, 4) is 0 Å². The summed E-state index contributed by atoms with van der Waals surface area (Å²) in [6.45, 7) is 5.08. The van der Waals surface area contributed by atoms with Crippen LogP contribution in [0.1, 0.15) is 47.1 Å². The van der Waals surface area contributed by atoms with Crippen LogP contribution in [0.4, 0.5) is 0 Å². The van der Waals surface area contributed by atoms with E-state index in [1.807, 2.05) is 11.8 Å². The van der Waals surface area contributed by atoms with Crippen LogP contribution in [0.25, 0.3) is 0 Å². The van der Waals surface area contributed by atoms with Crippen molar-refractivity contribution in [2.24, 2.45) is 0 Å². The number of likely N-dealkylation sites (tertiary alicyclic amines) is 1. The summed E-state index contributed by atoms with van der Waals surface area (Å²) in [6.07, 6.45) is 5.16. The first kappa shape index (κ1) is 15.0. The largest absolute Gasteiger partial charge is 0.374 e. The number of hydrogen-bond acceptors (Lipinski definition) is 5. The summed E-state index contributed by atoms with van der Waals surface area (Å²) in [5.74, 6) is 1.28. The van der Waals surface area contributed by atoms with Gasteiger partial charge in [0.05, 0.1) is 30.0 Å². The van der Waals surface area contributed by atoms with Crippen molar-refractivity contribution in [2.45, 2.75) is 44.2 Å². The first-order chi connectivity index (χ1) is 11.1. The maximum Gasteiger partial charge on any atom is 0.257 e. The van der Waals surface area contributed by atoms with Gasteiger partial charge >= 0.3 is 0 Å². The molecule has 2 atom stereocenters. The van der Waals surface area contributed by atoms with Gasteiger partial charge in [0.2, 0.25) is 0 Å². The zero-order chi connectivity index (χ0) is 16.0. The Kier molecular flexibility index (Phi) is 3.81. The monoisotopic (exact) mass is 316 g/mol. The van der Waals surface area contributed by atoms with E-state index in [1.54, 1.807) is 6.20 Å². The topological polar surface area (TPSA) is 58.6 Å². The molecule has 4 rings (SSSR count). The van der Waals surface area contributed by atoms with Crippen molar-refractivity contribution < 1.29 is 9.53 Å². The van der Waals surface area contributed by atoms with Crippen LogP contribution in [0.15, 0.2) is 6.20 Å². The molecule has 1 aromatic heterocycles. The molecule has 1 aromatic rings. The van der Waals surface area contributed by atoms with Crippen LogP contribution < -0.4 is 0 Å². The SMILES string of the molecule is Cc1ncc(C(=O)N2CCO[C@@H]3CCN(C)C[C@@H]32)c(C2CC2)n1. The Balaban J connectivity index is 1.63. The van der Waals surface area contributed by atoms with Crippen molar-refractivity contribution in [1.29, 1.82) is 0 Å². The molecule has 0 unspecified atom stereocenters. The molecule has 1 aliphatic carbocycles. The lowest BCUT2D eigenvalue weighted by molar-refractivity contribution is -0.0870. The van der Waals surface area contributed by atoms with E-state index < -0.39 is 0 Å². The van der Waals surface area contributed by atoms with E-state index in [0.717, 1.165) is 43.9 Å². The average molecular weight is 316 g/mol. The van der Waals surface area contributed by atoms with Gasteiger partial charge in [0, 0.05) is 31.7 Å². The Morgan fingerprint density at radius 1 is 1.30 bits per heavy atom. The molecule has 2 aliphatic heterocycles. The summed E-state index contributed by atoms with van der Waals surface area (Å²) in [5, 5.41) is 0. The lowest BCUT2D eigenvalue weighted by atomic mass is 9.98. The number of hydrogen-bond donors (Lipinski definition) is 0. The number of rotatable bonds is 2. The van der Waals surface area contributed by atoms with Gasteiger partial charge in [-0.1, -0.05) is 0 Å². The third-order valence-electron chi connectivity index (χ3n) is 5.18. The molecule has 1 saturated carbocycles. The van der Waals surface area contributed by atoms with Gasteiger partial charge in [-0.2, -0.15) is 0 Å². The van der Waals surface area contributed by atoms with Crippen molar-refractivity contribution in [2.75, 3.05) is 33.3 Å². The van der Waals surface area contributed by atoms with Gasteiger partial charge in [0.25, 0.3) is 5.91 Å². The minimum atomic E-state index is 0.0838. The maximum absolute atomic E-state index is 13.2. The zero-order valence-corrected chi connectivity index (χ0v) is 13.9. The minimum Gasteiger partial charge on any atom is -0.374 e. The van der Waals surface area contributed by atoms with Gasteiger partial charge < -0.3 is 14.5 Å². The highest BCUT2D eigenvalue weighted by molar-refractivity contribution is 5.95. The maximum atomic E-state index is 13.2. The zero-order valence-electron chi connectivity index (χ0n) is 13.9. The molecule has 6 nitrogen and oxygen atoms in total. The van der Waals surface area contributed by atoms with Crippen LogP contribution >= 0.6 is 0 Å². The number of fused-ring (bicyclic) bond motifs is 1. The smallest absolute Gasteiger partial charge is 0.257 e. The van der Waals surface area contributed by atoms with Crippen molar-refractivity contribution in [3.63, 3.8) is 0 Å². The van der Waals surface area contributed by atoms with Crippen LogP contribution in [0.3, 0.4) is 0 Å². The van der Waals surface area contributed by atoms with Crippen LogP contribution in [0, 0.1) is 6.92 Å². The summed E-state index contributed by atoms with van der Waals surface area (Å²) in [5.41, 5.74) is 1.65. The number of piperidine rings is 1. The summed E-state index contributed by atoms with van der Waals surface area (Å²) >= 11 is 0. The van der Waals surface area contributed by atoms with Gasteiger partial charge in [-0.25, -0.2) is 9.97 Å². The summed E-state index contributed by atoms with van der Waals surface area (Å²) in [7, 11) is 2.11. The molecule has 2 saturated heterocycles. The van der Waals surface area contributed by atoms with E-state index in [0.29, 0.717) is 24.6 Å². The molecule has 3 heterocycles. The highest BCUT2D eigenvalue weighted by Crippen LogP contribution is 2.41. The molecule has 124 valence electrons. The van der Waals surface area contributed by atoms with Crippen LogP contribution in [0.2, 0.25) is 0 Å². The number of morpholine rings is 1. The second kappa shape index (κ2) is 5.83. The van der Waals surface area contributed by atoms with Crippen molar-refractivity contribution in [3.05, 3.63) is 23.3 Å². The number of nitrogens with zero attached hydrogens (tertiary/aromatic N) is 4. The van der Waals surface area contributed by atoms with Gasteiger partial charge in [-0.05, 0) is 33.2 Å². The van der Waals surface area contributed by atoms with Gasteiger partial charge in [0.15, 0.2) is 0 Å². The van der Waals surface area contributed by atoms with E-state index >= 15 is 0 Å². The lowest BCUT2D eigenvalue weighted by Crippen LogP contribution is -2.60. The minimum absolute atomic E-state index is 0.0838. The van der Waals surface area contributed by atoms with E-state index in [4.69, 9.17) is 4.74 Å². The van der Waals surface area contributed by atoms with Gasteiger partial charge in [0.1, 0.15) is 5.82 Å². The highest BCUT2D eigenvalue weighted by atomic mass is 16.5. The number of aromatic nitrogens is 2. The van der Waals surface area contributed by atoms with Crippen molar-refractivity contribution in [1.82, 2.24) is 19.8 Å². The second-order valence-electron chi connectivity index (χ2n) is 7.02. The third-order valence-corrected chi connectivity index (χ3v) is 5.18. The van der Waals surface area contributed by atoms with E-state index in [1.165, 1.54) is 0 Å². The van der Waals surface area contributed by atoms with Crippen molar-refractivity contribution >= 4 is 5.91 Å². The molecule has 3 aliphatic rings. The predicted molar refractivity (Wildman–Crippen MR) is 85.4 cm³/mol. The summed E-state index contributed by atoms with van der Waals surface area (Å²) in [4.78, 5) is 26.3. The Morgan fingerprint density at radius 2 is 2.13 bits per heavy atom. The van der Waals surface area contributed by atoms with Crippen LogP contribution in [0.5, 0.6) is 0 Å². The molecule has 0 radical (unpaired) electrons.